The molecule has 0 aliphatic heterocycles. The molecule has 0 aromatic heterocycles. The van der Waals surface area contributed by atoms with E-state index in [9.17, 15) is 10.2 Å². The molecule has 0 spiro atoms. The van der Waals surface area contributed by atoms with Crippen molar-refractivity contribution in [3.05, 3.63) is 47.1 Å². The highest BCUT2D eigenvalue weighted by molar-refractivity contribution is 5.49. The van der Waals surface area contributed by atoms with E-state index >= 15 is 0 Å². The zero-order valence-electron chi connectivity index (χ0n) is 10.5. The number of hydrogen-bond acceptors (Lipinski definition) is 2. The maximum Gasteiger partial charge on any atom is 0.119 e. The molecule has 0 saturated carbocycles. The van der Waals surface area contributed by atoms with Crippen molar-refractivity contribution in [3.63, 3.8) is 0 Å². The fourth-order valence-corrected chi connectivity index (χ4v) is 2.77. The van der Waals surface area contributed by atoms with Gasteiger partial charge in [0.15, 0.2) is 0 Å². The van der Waals surface area contributed by atoms with E-state index in [1.54, 1.807) is 12.1 Å². The number of aromatic hydroxyl groups is 2. The molecule has 2 heteroatoms. The van der Waals surface area contributed by atoms with E-state index in [4.69, 9.17) is 0 Å². The number of phenols is 2. The van der Waals surface area contributed by atoms with Gasteiger partial charge in [0.2, 0.25) is 0 Å². The van der Waals surface area contributed by atoms with E-state index in [0.717, 1.165) is 12.0 Å². The summed E-state index contributed by atoms with van der Waals surface area (Å²) >= 11 is 0. The third-order valence-corrected chi connectivity index (χ3v) is 3.26. The maximum absolute atomic E-state index is 9.97. The molecule has 90 valence electrons. The Hall–Kier alpha value is -1.70. The van der Waals surface area contributed by atoms with Gasteiger partial charge in [0.25, 0.3) is 0 Å². The molecular formula is C15H18O2. The summed E-state index contributed by atoms with van der Waals surface area (Å²) in [6, 6.07) is 4.70. The van der Waals surface area contributed by atoms with Crippen LogP contribution < -0.4 is 0 Å². The predicted molar refractivity (Wildman–Crippen MR) is 69.3 cm³/mol. The highest BCUT2D eigenvalue weighted by atomic mass is 16.3. The molecule has 17 heavy (non-hydrogen) atoms. The van der Waals surface area contributed by atoms with Gasteiger partial charge in [-0.1, -0.05) is 30.2 Å². The zero-order chi connectivity index (χ0) is 12.6. The normalized spacial score (nSPS) is 24.2. The quantitative estimate of drug-likeness (QED) is 0.723. The molecule has 0 saturated heterocycles. The lowest BCUT2D eigenvalue weighted by atomic mass is 9.73. The molecule has 1 aliphatic carbocycles. The van der Waals surface area contributed by atoms with Crippen molar-refractivity contribution in [1.82, 2.24) is 0 Å². The van der Waals surface area contributed by atoms with Crippen molar-refractivity contribution >= 4 is 0 Å². The Morgan fingerprint density at radius 3 is 2.53 bits per heavy atom. The fraction of sp³-hybridized carbons (Fsp3) is 0.333. The first-order valence-electron chi connectivity index (χ1n) is 5.80. The second kappa shape index (κ2) is 3.95. The Morgan fingerprint density at radius 2 is 1.88 bits per heavy atom. The molecule has 0 amide bonds. The van der Waals surface area contributed by atoms with Crippen LogP contribution in [-0.2, 0) is 5.41 Å². The number of benzene rings is 1. The Bertz CT molecular complexity index is 512. The molecule has 1 aromatic rings. The van der Waals surface area contributed by atoms with Crippen LogP contribution in [0.5, 0.6) is 11.5 Å². The average molecular weight is 230 g/mol. The molecule has 0 heterocycles. The molecule has 2 nitrogen and oxygen atoms in total. The molecule has 1 unspecified atom stereocenters. The van der Waals surface area contributed by atoms with Gasteiger partial charge in [-0.05, 0) is 38.5 Å². The Kier molecular flexibility index (Phi) is 2.74. The van der Waals surface area contributed by atoms with E-state index in [-0.39, 0.29) is 16.9 Å². The lowest BCUT2D eigenvalue weighted by molar-refractivity contribution is 0.435. The van der Waals surface area contributed by atoms with E-state index in [0.29, 0.717) is 0 Å². The van der Waals surface area contributed by atoms with Crippen LogP contribution in [0.4, 0.5) is 0 Å². The largest absolute Gasteiger partial charge is 0.508 e. The van der Waals surface area contributed by atoms with Gasteiger partial charge in [0.05, 0.1) is 0 Å². The molecule has 0 fully saturated rings. The second-order valence-corrected chi connectivity index (χ2v) is 5.17. The van der Waals surface area contributed by atoms with Crippen molar-refractivity contribution in [2.45, 2.75) is 32.6 Å². The van der Waals surface area contributed by atoms with Crippen molar-refractivity contribution < 1.29 is 10.2 Å². The van der Waals surface area contributed by atoms with E-state index in [1.165, 1.54) is 17.2 Å². The molecule has 1 aliphatic rings. The van der Waals surface area contributed by atoms with Crippen molar-refractivity contribution in [2.75, 3.05) is 0 Å². The van der Waals surface area contributed by atoms with Crippen LogP contribution >= 0.6 is 0 Å². The minimum absolute atomic E-state index is 0.192. The molecule has 1 aromatic carbocycles. The number of allylic oxidation sites excluding steroid dienone is 4. The van der Waals surface area contributed by atoms with Crippen LogP contribution in [0, 0.1) is 0 Å². The molecule has 2 rings (SSSR count). The predicted octanol–water partition coefficient (Wildman–Crippen LogP) is 3.65. The number of hydrogen-bond donors (Lipinski definition) is 2. The van der Waals surface area contributed by atoms with Gasteiger partial charge in [-0.3, -0.25) is 0 Å². The average Bonchev–Trinajstić information content (AvgIpc) is 2.19. The molecule has 1 atom stereocenters. The van der Waals surface area contributed by atoms with E-state index in [1.807, 2.05) is 0 Å². The number of rotatable bonds is 1. The SMILES string of the molecule is CC1=CC(C)(c2cc(O)ccc2O)CC(C)=C1. The summed E-state index contributed by atoms with van der Waals surface area (Å²) in [6.07, 6.45) is 5.16. The first-order valence-corrected chi connectivity index (χ1v) is 5.80. The summed E-state index contributed by atoms with van der Waals surface area (Å²) in [5.41, 5.74) is 3.02. The Balaban J connectivity index is 2.53. The van der Waals surface area contributed by atoms with Crippen LogP contribution in [0.2, 0.25) is 0 Å². The van der Waals surface area contributed by atoms with E-state index in [2.05, 4.69) is 32.9 Å². The lowest BCUT2D eigenvalue weighted by Crippen LogP contribution is -2.22. The second-order valence-electron chi connectivity index (χ2n) is 5.17. The summed E-state index contributed by atoms with van der Waals surface area (Å²) in [5.74, 6) is 0.432. The van der Waals surface area contributed by atoms with Gasteiger partial charge < -0.3 is 10.2 Å². The highest BCUT2D eigenvalue weighted by Crippen LogP contribution is 2.42. The van der Waals surface area contributed by atoms with E-state index < -0.39 is 0 Å². The monoisotopic (exact) mass is 230 g/mol. The minimum Gasteiger partial charge on any atom is -0.508 e. The maximum atomic E-state index is 9.97. The van der Waals surface area contributed by atoms with Crippen LogP contribution in [0.15, 0.2) is 41.5 Å². The topological polar surface area (TPSA) is 40.5 Å². The van der Waals surface area contributed by atoms with Crippen LogP contribution in [0.3, 0.4) is 0 Å². The summed E-state index contributed by atoms with van der Waals surface area (Å²) in [4.78, 5) is 0. The first-order chi connectivity index (χ1) is 7.90. The van der Waals surface area contributed by atoms with Crippen molar-refractivity contribution in [2.24, 2.45) is 0 Å². The Labute approximate surface area is 102 Å². The third kappa shape index (κ3) is 2.21. The number of phenolic OH excluding ortho intramolecular Hbond substituents is 2. The summed E-state index contributed by atoms with van der Waals surface area (Å²) in [6.45, 7) is 6.23. The fourth-order valence-electron chi connectivity index (χ4n) is 2.77. The third-order valence-electron chi connectivity index (χ3n) is 3.26. The lowest BCUT2D eigenvalue weighted by Gasteiger charge is -2.31. The molecule has 2 N–H and O–H groups in total. The van der Waals surface area contributed by atoms with Gasteiger partial charge in [-0.15, -0.1) is 0 Å². The first kappa shape index (κ1) is 11.8. The Morgan fingerprint density at radius 1 is 1.18 bits per heavy atom. The molecule has 0 bridgehead atoms. The van der Waals surface area contributed by atoms with Gasteiger partial charge >= 0.3 is 0 Å². The summed E-state index contributed by atoms with van der Waals surface area (Å²) in [7, 11) is 0. The molecule has 0 radical (unpaired) electrons. The van der Waals surface area contributed by atoms with Gasteiger partial charge in [0, 0.05) is 11.0 Å². The van der Waals surface area contributed by atoms with Gasteiger partial charge in [0.1, 0.15) is 11.5 Å². The summed E-state index contributed by atoms with van der Waals surface area (Å²) < 4.78 is 0. The highest BCUT2D eigenvalue weighted by Gasteiger charge is 2.29. The zero-order valence-corrected chi connectivity index (χ0v) is 10.5. The van der Waals surface area contributed by atoms with Crippen molar-refractivity contribution in [1.29, 1.82) is 0 Å². The summed E-state index contributed by atoms with van der Waals surface area (Å²) in [5, 5.41) is 19.5. The smallest absolute Gasteiger partial charge is 0.119 e. The van der Waals surface area contributed by atoms with Crippen LogP contribution in [0.25, 0.3) is 0 Å². The van der Waals surface area contributed by atoms with Gasteiger partial charge in [-0.2, -0.15) is 0 Å². The van der Waals surface area contributed by atoms with Crippen LogP contribution in [0.1, 0.15) is 32.8 Å². The van der Waals surface area contributed by atoms with Crippen LogP contribution in [-0.4, -0.2) is 10.2 Å². The van der Waals surface area contributed by atoms with Gasteiger partial charge in [-0.25, -0.2) is 0 Å². The van der Waals surface area contributed by atoms with Crippen molar-refractivity contribution in [3.8, 4) is 11.5 Å². The molecular weight excluding hydrogens is 212 g/mol. The standard InChI is InChI=1S/C15H18O2/c1-10-6-11(2)9-15(3,8-10)13-7-12(16)4-5-14(13)17/h4-8,16-17H,9H2,1-3H3. The minimum atomic E-state index is -0.244.